The molecular formula is C12H14N4O3. The molecule has 7 heteroatoms. The van der Waals surface area contributed by atoms with Gasteiger partial charge in [0.25, 0.3) is 0 Å². The van der Waals surface area contributed by atoms with Crippen LogP contribution < -0.4 is 4.90 Å². The molecule has 100 valence electrons. The van der Waals surface area contributed by atoms with E-state index in [9.17, 15) is 15.2 Å². The molecule has 0 amide bonds. The minimum absolute atomic E-state index is 0.00972. The predicted octanol–water partition coefficient (Wildman–Crippen LogP) is 1.07. The van der Waals surface area contributed by atoms with E-state index in [1.807, 2.05) is 6.07 Å². The normalized spacial score (nSPS) is 20.1. The molecular weight excluding hydrogens is 248 g/mol. The largest absolute Gasteiger partial charge is 0.393 e. The molecule has 1 aliphatic rings. The van der Waals surface area contributed by atoms with Crippen LogP contribution in [0.25, 0.3) is 0 Å². The molecule has 7 nitrogen and oxygen atoms in total. The van der Waals surface area contributed by atoms with Gasteiger partial charge < -0.3 is 10.0 Å². The number of aromatic nitrogens is 1. The molecule has 2 unspecified atom stereocenters. The number of hydrogen-bond acceptors (Lipinski definition) is 6. The lowest BCUT2D eigenvalue weighted by Crippen LogP contribution is -2.25. The van der Waals surface area contributed by atoms with Crippen LogP contribution in [0.5, 0.6) is 0 Å². The number of aliphatic hydroxyl groups excluding tert-OH is 1. The Bertz CT molecular complexity index is 538. The number of rotatable bonds is 3. The highest BCUT2D eigenvalue weighted by Crippen LogP contribution is 2.33. The average molecular weight is 262 g/mol. The standard InChI is InChI=1S/C12H14N4O3/c1-8(17)10-3-5-15(7-10)12-11(16(18)19)9(6-13)2-4-14-12/h2,4,8,10,17H,3,5,7H2,1H3. The summed E-state index contributed by atoms with van der Waals surface area (Å²) in [6, 6.07) is 3.15. The molecule has 0 bridgehead atoms. The first-order valence-corrected chi connectivity index (χ1v) is 6.01. The summed E-state index contributed by atoms with van der Waals surface area (Å²) in [6.45, 7) is 2.82. The van der Waals surface area contributed by atoms with Gasteiger partial charge in [0.05, 0.1) is 11.0 Å². The highest BCUT2D eigenvalue weighted by molar-refractivity contribution is 5.65. The zero-order valence-electron chi connectivity index (χ0n) is 10.5. The van der Waals surface area contributed by atoms with Gasteiger partial charge in [-0.2, -0.15) is 5.26 Å². The molecule has 1 saturated heterocycles. The fourth-order valence-corrected chi connectivity index (χ4v) is 2.32. The van der Waals surface area contributed by atoms with Crippen molar-refractivity contribution in [2.24, 2.45) is 5.92 Å². The molecule has 1 aliphatic heterocycles. The molecule has 1 fully saturated rings. The predicted molar refractivity (Wildman–Crippen MR) is 67.6 cm³/mol. The average Bonchev–Trinajstić information content (AvgIpc) is 2.87. The summed E-state index contributed by atoms with van der Waals surface area (Å²) in [5, 5.41) is 29.6. The first-order chi connectivity index (χ1) is 9.04. The van der Waals surface area contributed by atoms with Crippen molar-refractivity contribution < 1.29 is 10.0 Å². The van der Waals surface area contributed by atoms with Crippen LogP contribution in [0.1, 0.15) is 18.9 Å². The molecule has 19 heavy (non-hydrogen) atoms. The maximum Gasteiger partial charge on any atom is 0.329 e. The van der Waals surface area contributed by atoms with Crippen molar-refractivity contribution in [3.63, 3.8) is 0 Å². The van der Waals surface area contributed by atoms with Gasteiger partial charge in [0.1, 0.15) is 11.6 Å². The number of aliphatic hydroxyl groups is 1. The Labute approximate surface area is 110 Å². The van der Waals surface area contributed by atoms with Crippen LogP contribution in [0.3, 0.4) is 0 Å². The molecule has 0 aliphatic carbocycles. The topological polar surface area (TPSA) is 103 Å². The van der Waals surface area contributed by atoms with Crippen molar-refractivity contribution in [2.45, 2.75) is 19.4 Å². The van der Waals surface area contributed by atoms with E-state index >= 15 is 0 Å². The summed E-state index contributed by atoms with van der Waals surface area (Å²) < 4.78 is 0. The summed E-state index contributed by atoms with van der Waals surface area (Å²) in [5.74, 6) is 0.291. The van der Waals surface area contributed by atoms with Gasteiger partial charge in [-0.3, -0.25) is 10.1 Å². The maximum absolute atomic E-state index is 11.1. The van der Waals surface area contributed by atoms with Crippen LogP contribution in [-0.2, 0) is 0 Å². The molecule has 1 aromatic rings. The SMILES string of the molecule is CC(O)C1CCN(c2nccc(C#N)c2[N+](=O)[O-])C1. The van der Waals surface area contributed by atoms with E-state index in [-0.39, 0.29) is 23.0 Å². The van der Waals surface area contributed by atoms with E-state index < -0.39 is 11.0 Å². The third-order valence-corrected chi connectivity index (χ3v) is 3.41. The van der Waals surface area contributed by atoms with Gasteiger partial charge in [0.15, 0.2) is 0 Å². The highest BCUT2D eigenvalue weighted by Gasteiger charge is 2.32. The number of nitriles is 1. The Balaban J connectivity index is 2.36. The highest BCUT2D eigenvalue weighted by atomic mass is 16.6. The molecule has 1 N–H and O–H groups in total. The minimum atomic E-state index is -0.573. The van der Waals surface area contributed by atoms with Crippen molar-refractivity contribution in [3.8, 4) is 6.07 Å². The van der Waals surface area contributed by atoms with Gasteiger partial charge in [-0.15, -0.1) is 0 Å². The van der Waals surface area contributed by atoms with Crippen molar-refractivity contribution in [2.75, 3.05) is 18.0 Å². The van der Waals surface area contributed by atoms with E-state index in [2.05, 4.69) is 4.98 Å². The third-order valence-electron chi connectivity index (χ3n) is 3.41. The number of hydrogen-bond donors (Lipinski definition) is 1. The number of nitro groups is 1. The number of nitrogens with zero attached hydrogens (tertiary/aromatic N) is 4. The van der Waals surface area contributed by atoms with Crippen molar-refractivity contribution in [1.82, 2.24) is 4.98 Å². The Hall–Kier alpha value is -2.20. The second-order valence-corrected chi connectivity index (χ2v) is 4.64. The van der Waals surface area contributed by atoms with Crippen LogP contribution >= 0.6 is 0 Å². The molecule has 1 aromatic heterocycles. The van der Waals surface area contributed by atoms with Crippen molar-refractivity contribution in [1.29, 1.82) is 5.26 Å². The monoisotopic (exact) mass is 262 g/mol. The quantitative estimate of drug-likeness (QED) is 0.645. The van der Waals surface area contributed by atoms with Crippen molar-refractivity contribution in [3.05, 3.63) is 27.9 Å². The molecule has 0 aromatic carbocycles. The molecule has 2 rings (SSSR count). The second-order valence-electron chi connectivity index (χ2n) is 4.64. The molecule has 0 radical (unpaired) electrons. The molecule has 2 atom stereocenters. The minimum Gasteiger partial charge on any atom is -0.393 e. The fourth-order valence-electron chi connectivity index (χ4n) is 2.32. The van der Waals surface area contributed by atoms with Gasteiger partial charge in [-0.25, -0.2) is 4.98 Å². The fraction of sp³-hybridized carbons (Fsp3) is 0.500. The Kier molecular flexibility index (Phi) is 3.62. The molecule has 0 saturated carbocycles. The molecule has 2 heterocycles. The lowest BCUT2D eigenvalue weighted by molar-refractivity contribution is -0.384. The molecule has 0 spiro atoms. The smallest absolute Gasteiger partial charge is 0.329 e. The van der Waals surface area contributed by atoms with E-state index in [0.29, 0.717) is 13.1 Å². The van der Waals surface area contributed by atoms with Crippen molar-refractivity contribution >= 4 is 11.5 Å². The van der Waals surface area contributed by atoms with E-state index in [0.717, 1.165) is 6.42 Å². The van der Waals surface area contributed by atoms with E-state index in [1.54, 1.807) is 11.8 Å². The summed E-state index contributed by atoms with van der Waals surface area (Å²) in [4.78, 5) is 16.3. The van der Waals surface area contributed by atoms with Gasteiger partial charge in [-0.1, -0.05) is 0 Å². The van der Waals surface area contributed by atoms with Crippen LogP contribution in [0.4, 0.5) is 11.5 Å². The Morgan fingerprint density at radius 1 is 1.74 bits per heavy atom. The Morgan fingerprint density at radius 3 is 3.00 bits per heavy atom. The van der Waals surface area contributed by atoms with Crippen LogP contribution in [0, 0.1) is 27.4 Å². The first-order valence-electron chi connectivity index (χ1n) is 6.01. The van der Waals surface area contributed by atoms with Gasteiger partial charge in [0.2, 0.25) is 5.82 Å². The Morgan fingerprint density at radius 2 is 2.47 bits per heavy atom. The zero-order chi connectivity index (χ0) is 14.0. The van der Waals surface area contributed by atoms with Crippen LogP contribution in [-0.4, -0.2) is 34.2 Å². The number of pyridine rings is 1. The summed E-state index contributed by atoms with van der Waals surface area (Å²) >= 11 is 0. The van der Waals surface area contributed by atoms with Crippen LogP contribution in [0.15, 0.2) is 12.3 Å². The lowest BCUT2D eigenvalue weighted by Gasteiger charge is -2.18. The second kappa shape index (κ2) is 5.20. The summed E-state index contributed by atoms with van der Waals surface area (Å²) in [6.07, 6.45) is 1.70. The zero-order valence-corrected chi connectivity index (χ0v) is 10.5. The van der Waals surface area contributed by atoms with Gasteiger partial charge in [-0.05, 0) is 19.4 Å². The first kappa shape index (κ1) is 13.2. The van der Waals surface area contributed by atoms with Gasteiger partial charge in [0, 0.05) is 25.2 Å². The van der Waals surface area contributed by atoms with Crippen LogP contribution in [0.2, 0.25) is 0 Å². The summed E-state index contributed by atoms with van der Waals surface area (Å²) in [7, 11) is 0. The lowest BCUT2D eigenvalue weighted by atomic mass is 10.0. The van der Waals surface area contributed by atoms with E-state index in [1.165, 1.54) is 12.3 Å². The maximum atomic E-state index is 11.1. The number of anilines is 1. The van der Waals surface area contributed by atoms with E-state index in [4.69, 9.17) is 5.26 Å². The van der Waals surface area contributed by atoms with Gasteiger partial charge >= 0.3 is 5.69 Å². The third kappa shape index (κ3) is 2.48. The summed E-state index contributed by atoms with van der Waals surface area (Å²) in [5.41, 5.74) is -0.244.